The molecule has 0 aromatic heterocycles. The Labute approximate surface area is 107 Å². The molecule has 0 radical (unpaired) electrons. The van der Waals surface area contributed by atoms with Gasteiger partial charge in [0.15, 0.2) is 0 Å². The molecule has 0 bridgehead atoms. The number of nitrogens with one attached hydrogen (secondary N) is 2. The van der Waals surface area contributed by atoms with Crippen LogP contribution in [0.1, 0.15) is 18.4 Å². The van der Waals surface area contributed by atoms with Crippen LogP contribution in [0.15, 0.2) is 18.2 Å². The Kier molecular flexibility index (Phi) is 3.19. The number of fused-ring (bicyclic) bond motifs is 1. The minimum Gasteiger partial charge on any atom is -0.491 e. The maximum atomic E-state index is 12.2. The molecule has 2 aliphatic rings. The summed E-state index contributed by atoms with van der Waals surface area (Å²) in [4.78, 5) is 12.2. The first kappa shape index (κ1) is 11.5. The van der Waals surface area contributed by atoms with Gasteiger partial charge >= 0.3 is 0 Å². The number of ether oxygens (including phenoxy) is 1. The van der Waals surface area contributed by atoms with Crippen LogP contribution in [-0.4, -0.2) is 25.6 Å². The average molecular weight is 246 g/mol. The van der Waals surface area contributed by atoms with Crippen LogP contribution in [0.4, 0.5) is 5.69 Å². The van der Waals surface area contributed by atoms with E-state index in [2.05, 4.69) is 16.7 Å². The summed E-state index contributed by atoms with van der Waals surface area (Å²) in [5.74, 6) is 1.11. The molecule has 2 aliphatic heterocycles. The monoisotopic (exact) mass is 246 g/mol. The van der Waals surface area contributed by atoms with Crippen molar-refractivity contribution in [3.63, 3.8) is 0 Å². The highest BCUT2D eigenvalue weighted by Crippen LogP contribution is 2.33. The zero-order valence-corrected chi connectivity index (χ0v) is 10.4. The van der Waals surface area contributed by atoms with Crippen LogP contribution in [0.3, 0.4) is 0 Å². The molecule has 96 valence electrons. The van der Waals surface area contributed by atoms with Crippen molar-refractivity contribution in [2.75, 3.05) is 25.0 Å². The fraction of sp³-hybridized carbons (Fsp3) is 0.500. The number of hydrogen-bond acceptors (Lipinski definition) is 3. The van der Waals surface area contributed by atoms with E-state index < -0.39 is 0 Å². The molecule has 0 unspecified atom stereocenters. The summed E-state index contributed by atoms with van der Waals surface area (Å²) in [7, 11) is 0. The highest BCUT2D eigenvalue weighted by molar-refractivity contribution is 5.94. The predicted octanol–water partition coefficient (Wildman–Crippen LogP) is 1.56. The van der Waals surface area contributed by atoms with Gasteiger partial charge in [-0.05, 0) is 37.6 Å². The Hall–Kier alpha value is -1.55. The van der Waals surface area contributed by atoms with Crippen molar-refractivity contribution in [3.8, 4) is 5.75 Å². The molecule has 4 nitrogen and oxygen atoms in total. The van der Waals surface area contributed by atoms with E-state index in [4.69, 9.17) is 4.74 Å². The quantitative estimate of drug-likeness (QED) is 0.832. The number of anilines is 1. The second-order valence-corrected chi connectivity index (χ2v) is 4.91. The van der Waals surface area contributed by atoms with Crippen molar-refractivity contribution in [2.45, 2.75) is 19.3 Å². The van der Waals surface area contributed by atoms with Gasteiger partial charge in [-0.1, -0.05) is 12.1 Å². The number of para-hydroxylation sites is 1. The molecule has 2 N–H and O–H groups in total. The van der Waals surface area contributed by atoms with Gasteiger partial charge in [0.25, 0.3) is 0 Å². The molecule has 0 atom stereocenters. The number of rotatable bonds is 2. The van der Waals surface area contributed by atoms with Crippen LogP contribution >= 0.6 is 0 Å². The molecule has 0 saturated carbocycles. The van der Waals surface area contributed by atoms with Gasteiger partial charge < -0.3 is 15.4 Å². The summed E-state index contributed by atoms with van der Waals surface area (Å²) in [5, 5.41) is 6.29. The zero-order valence-electron chi connectivity index (χ0n) is 10.4. The number of hydrogen-bond donors (Lipinski definition) is 2. The van der Waals surface area contributed by atoms with Gasteiger partial charge in [0, 0.05) is 12.3 Å². The maximum Gasteiger partial charge on any atom is 0.227 e. The Morgan fingerprint density at radius 3 is 3.00 bits per heavy atom. The van der Waals surface area contributed by atoms with Crippen LogP contribution < -0.4 is 15.4 Å². The zero-order chi connectivity index (χ0) is 12.4. The van der Waals surface area contributed by atoms with E-state index >= 15 is 0 Å². The molecule has 1 aromatic carbocycles. The van der Waals surface area contributed by atoms with Crippen molar-refractivity contribution >= 4 is 11.6 Å². The minimum absolute atomic E-state index is 0.125. The molecule has 4 heteroatoms. The third-order valence-corrected chi connectivity index (χ3v) is 3.68. The van der Waals surface area contributed by atoms with Crippen molar-refractivity contribution in [3.05, 3.63) is 23.8 Å². The maximum absolute atomic E-state index is 12.2. The van der Waals surface area contributed by atoms with Crippen molar-refractivity contribution < 1.29 is 9.53 Å². The highest BCUT2D eigenvalue weighted by atomic mass is 16.5. The van der Waals surface area contributed by atoms with Crippen molar-refractivity contribution in [1.29, 1.82) is 0 Å². The second-order valence-electron chi connectivity index (χ2n) is 4.91. The molecule has 1 aromatic rings. The lowest BCUT2D eigenvalue weighted by atomic mass is 9.97. The molecule has 0 spiro atoms. The summed E-state index contributed by atoms with van der Waals surface area (Å²) in [6.45, 7) is 2.58. The van der Waals surface area contributed by atoms with Crippen LogP contribution in [0.25, 0.3) is 0 Å². The van der Waals surface area contributed by atoms with E-state index in [0.717, 1.165) is 50.4 Å². The molecular weight excluding hydrogens is 228 g/mol. The van der Waals surface area contributed by atoms with Gasteiger partial charge in [-0.3, -0.25) is 4.79 Å². The lowest BCUT2D eigenvalue weighted by Crippen LogP contribution is -2.34. The first-order valence-corrected chi connectivity index (χ1v) is 6.61. The summed E-state index contributed by atoms with van der Waals surface area (Å²) >= 11 is 0. The van der Waals surface area contributed by atoms with Crippen LogP contribution in [0.5, 0.6) is 5.75 Å². The summed E-state index contributed by atoms with van der Waals surface area (Å²) < 4.78 is 5.59. The van der Waals surface area contributed by atoms with Gasteiger partial charge in [-0.2, -0.15) is 0 Å². The molecule has 1 amide bonds. The molecule has 1 fully saturated rings. The number of piperidine rings is 1. The fourth-order valence-corrected chi connectivity index (χ4v) is 2.63. The molecular formula is C14H18N2O2. The largest absolute Gasteiger partial charge is 0.491 e. The van der Waals surface area contributed by atoms with Crippen molar-refractivity contribution in [2.24, 2.45) is 5.92 Å². The van der Waals surface area contributed by atoms with Gasteiger partial charge in [0.1, 0.15) is 5.75 Å². The summed E-state index contributed by atoms with van der Waals surface area (Å²) in [6, 6.07) is 5.96. The standard InChI is InChI=1S/C14H18N2O2/c17-14(11-4-7-15-8-5-11)16-12-3-1-2-10-6-9-18-13(10)12/h1-3,11,15H,4-9H2,(H,16,17). The van der Waals surface area contributed by atoms with E-state index in [0.29, 0.717) is 0 Å². The number of carbonyl (C=O) groups excluding carboxylic acids is 1. The highest BCUT2D eigenvalue weighted by Gasteiger charge is 2.23. The third kappa shape index (κ3) is 2.20. The number of carbonyl (C=O) groups is 1. The lowest BCUT2D eigenvalue weighted by Gasteiger charge is -2.22. The fourth-order valence-electron chi connectivity index (χ4n) is 2.63. The predicted molar refractivity (Wildman–Crippen MR) is 69.9 cm³/mol. The molecule has 0 aliphatic carbocycles. The van der Waals surface area contributed by atoms with E-state index in [9.17, 15) is 4.79 Å². The summed E-state index contributed by atoms with van der Waals surface area (Å²) in [5.41, 5.74) is 2.02. The Morgan fingerprint density at radius 2 is 2.17 bits per heavy atom. The normalized spacial score (nSPS) is 19.1. The van der Waals surface area contributed by atoms with Gasteiger partial charge in [0.05, 0.1) is 12.3 Å². The van der Waals surface area contributed by atoms with E-state index in [1.807, 2.05) is 12.1 Å². The SMILES string of the molecule is O=C(Nc1cccc2c1OCC2)C1CCNCC1. The second kappa shape index (κ2) is 4.98. The van der Waals surface area contributed by atoms with Crippen molar-refractivity contribution in [1.82, 2.24) is 5.32 Å². The van der Waals surface area contributed by atoms with Crippen LogP contribution in [0, 0.1) is 5.92 Å². The Bertz CT molecular complexity index is 453. The Morgan fingerprint density at radius 1 is 1.33 bits per heavy atom. The minimum atomic E-state index is 0.125. The number of benzene rings is 1. The van der Waals surface area contributed by atoms with E-state index in [1.54, 1.807) is 0 Å². The first-order valence-electron chi connectivity index (χ1n) is 6.61. The average Bonchev–Trinajstić information content (AvgIpc) is 2.89. The van der Waals surface area contributed by atoms with Gasteiger partial charge in [-0.25, -0.2) is 0 Å². The molecule has 2 heterocycles. The summed E-state index contributed by atoms with van der Waals surface area (Å²) in [6.07, 6.45) is 2.77. The number of amides is 1. The first-order chi connectivity index (χ1) is 8.84. The van der Waals surface area contributed by atoms with E-state index in [1.165, 1.54) is 5.56 Å². The van der Waals surface area contributed by atoms with Gasteiger partial charge in [0.2, 0.25) is 5.91 Å². The smallest absolute Gasteiger partial charge is 0.227 e. The van der Waals surface area contributed by atoms with Crippen LogP contribution in [0.2, 0.25) is 0 Å². The lowest BCUT2D eigenvalue weighted by molar-refractivity contribution is -0.120. The van der Waals surface area contributed by atoms with Crippen LogP contribution in [-0.2, 0) is 11.2 Å². The molecule has 1 saturated heterocycles. The topological polar surface area (TPSA) is 50.4 Å². The molecule has 3 rings (SSSR count). The molecule has 18 heavy (non-hydrogen) atoms. The van der Waals surface area contributed by atoms with E-state index in [-0.39, 0.29) is 11.8 Å². The van der Waals surface area contributed by atoms with Gasteiger partial charge in [-0.15, -0.1) is 0 Å². The Balaban J connectivity index is 1.72. The third-order valence-electron chi connectivity index (χ3n) is 3.68.